The largest absolute Gasteiger partial charge is 0.497 e. The lowest BCUT2D eigenvalue weighted by Gasteiger charge is -2.17. The maximum Gasteiger partial charge on any atom is 0.124 e. The van der Waals surface area contributed by atoms with Crippen molar-refractivity contribution in [1.29, 1.82) is 0 Å². The number of ether oxygens (including phenoxy) is 2. The van der Waals surface area contributed by atoms with Crippen LogP contribution in [0.15, 0.2) is 18.2 Å². The Hall–Kier alpha value is -1.30. The van der Waals surface area contributed by atoms with Crippen molar-refractivity contribution in [2.75, 3.05) is 27.3 Å². The molecule has 1 saturated carbocycles. The second kappa shape index (κ2) is 6.92. The van der Waals surface area contributed by atoms with Gasteiger partial charge in [-0.2, -0.15) is 0 Å². The minimum atomic E-state index is -0.702. The first kappa shape index (κ1) is 15.1. The van der Waals surface area contributed by atoms with Gasteiger partial charge in [0.05, 0.1) is 26.4 Å². The molecule has 1 aliphatic carbocycles. The van der Waals surface area contributed by atoms with Gasteiger partial charge in [-0.15, -0.1) is 0 Å². The van der Waals surface area contributed by atoms with Gasteiger partial charge in [-0.3, -0.25) is 0 Å². The number of methoxy groups -OCH3 is 2. The van der Waals surface area contributed by atoms with E-state index >= 15 is 0 Å². The molecule has 5 nitrogen and oxygen atoms in total. The van der Waals surface area contributed by atoms with Crippen LogP contribution in [0.4, 0.5) is 0 Å². The highest BCUT2D eigenvalue weighted by molar-refractivity contribution is 5.41. The van der Waals surface area contributed by atoms with E-state index in [2.05, 4.69) is 5.32 Å². The second-order valence-corrected chi connectivity index (χ2v) is 5.19. The fourth-order valence-corrected chi connectivity index (χ4v) is 2.23. The molecule has 0 heterocycles. The zero-order valence-corrected chi connectivity index (χ0v) is 12.0. The minimum absolute atomic E-state index is 0.311. The zero-order valence-electron chi connectivity index (χ0n) is 12.0. The molecule has 0 radical (unpaired) electrons. The van der Waals surface area contributed by atoms with Crippen molar-refractivity contribution in [2.45, 2.75) is 25.0 Å². The number of rotatable bonds is 8. The van der Waals surface area contributed by atoms with Gasteiger partial charge in [-0.25, -0.2) is 0 Å². The molecule has 20 heavy (non-hydrogen) atoms. The van der Waals surface area contributed by atoms with Gasteiger partial charge in [-0.1, -0.05) is 0 Å². The van der Waals surface area contributed by atoms with E-state index in [0.29, 0.717) is 36.1 Å². The molecule has 1 aromatic rings. The second-order valence-electron chi connectivity index (χ2n) is 5.19. The molecule has 1 fully saturated rings. The van der Waals surface area contributed by atoms with E-state index in [0.717, 1.165) is 12.8 Å². The van der Waals surface area contributed by atoms with Gasteiger partial charge in [0.15, 0.2) is 0 Å². The van der Waals surface area contributed by atoms with E-state index in [-0.39, 0.29) is 6.10 Å². The molecule has 0 spiro atoms. The Kier molecular flexibility index (Phi) is 5.23. The number of aliphatic hydroxyl groups excluding tert-OH is 2. The molecular weight excluding hydrogens is 258 g/mol. The van der Waals surface area contributed by atoms with Crippen LogP contribution in [-0.2, 0) is 0 Å². The fourth-order valence-electron chi connectivity index (χ4n) is 2.23. The molecular formula is C15H23NO4. The van der Waals surface area contributed by atoms with Crippen molar-refractivity contribution >= 4 is 0 Å². The summed E-state index contributed by atoms with van der Waals surface area (Å²) in [5, 5.41) is 23.1. The molecule has 1 aromatic carbocycles. The molecule has 0 bridgehead atoms. The average molecular weight is 281 g/mol. The molecule has 0 amide bonds. The number of aliphatic hydroxyl groups is 2. The molecule has 0 aliphatic heterocycles. The third kappa shape index (κ3) is 3.85. The van der Waals surface area contributed by atoms with Gasteiger partial charge in [-0.05, 0) is 37.0 Å². The van der Waals surface area contributed by atoms with Crippen molar-refractivity contribution in [3.8, 4) is 11.5 Å². The Morgan fingerprint density at radius 2 is 1.95 bits per heavy atom. The van der Waals surface area contributed by atoms with Gasteiger partial charge in [0.25, 0.3) is 0 Å². The molecule has 0 saturated heterocycles. The van der Waals surface area contributed by atoms with Crippen molar-refractivity contribution in [2.24, 2.45) is 5.92 Å². The first-order valence-corrected chi connectivity index (χ1v) is 6.94. The molecule has 2 atom stereocenters. The fraction of sp³-hybridized carbons (Fsp3) is 0.600. The summed E-state index contributed by atoms with van der Waals surface area (Å²) in [6.07, 6.45) is 1.20. The van der Waals surface area contributed by atoms with Crippen LogP contribution in [0.2, 0.25) is 0 Å². The summed E-state index contributed by atoms with van der Waals surface area (Å²) in [5.41, 5.74) is 0.681. The summed E-state index contributed by atoms with van der Waals surface area (Å²) in [5.74, 6) is 1.74. The Morgan fingerprint density at radius 3 is 2.55 bits per heavy atom. The van der Waals surface area contributed by atoms with Gasteiger partial charge >= 0.3 is 0 Å². The monoisotopic (exact) mass is 281 g/mol. The lowest BCUT2D eigenvalue weighted by molar-refractivity contribution is 0.131. The van der Waals surface area contributed by atoms with Gasteiger partial charge in [0, 0.05) is 18.7 Å². The van der Waals surface area contributed by atoms with E-state index in [1.807, 2.05) is 0 Å². The van der Waals surface area contributed by atoms with Crippen molar-refractivity contribution < 1.29 is 19.7 Å². The zero-order chi connectivity index (χ0) is 14.5. The van der Waals surface area contributed by atoms with Crippen LogP contribution < -0.4 is 14.8 Å². The average Bonchev–Trinajstić information content (AvgIpc) is 3.30. The smallest absolute Gasteiger partial charge is 0.124 e. The number of hydrogen-bond acceptors (Lipinski definition) is 5. The normalized spacial score (nSPS) is 17.6. The molecule has 112 valence electrons. The van der Waals surface area contributed by atoms with Crippen LogP contribution >= 0.6 is 0 Å². The van der Waals surface area contributed by atoms with Gasteiger partial charge in [0.2, 0.25) is 0 Å². The number of nitrogens with one attached hydrogen (secondary N) is 1. The van der Waals surface area contributed by atoms with Crippen LogP contribution in [0.3, 0.4) is 0 Å². The highest BCUT2D eigenvalue weighted by Gasteiger charge is 2.29. The summed E-state index contributed by atoms with van der Waals surface area (Å²) >= 11 is 0. The van der Waals surface area contributed by atoms with Crippen molar-refractivity contribution in [3.05, 3.63) is 23.8 Å². The lowest BCUT2D eigenvalue weighted by Crippen LogP contribution is -2.31. The molecule has 5 heteroatoms. The first-order chi connectivity index (χ1) is 9.65. The Morgan fingerprint density at radius 1 is 1.20 bits per heavy atom. The lowest BCUT2D eigenvalue weighted by atomic mass is 10.1. The summed E-state index contributed by atoms with van der Waals surface area (Å²) in [6.45, 7) is 0.876. The Balaban J connectivity index is 1.91. The molecule has 2 rings (SSSR count). The standard InChI is InChI=1S/C15H23NO4/c1-19-11-5-6-15(20-2)12(7-11)14(18)9-16-8-13(17)10-3-4-10/h5-7,10,13-14,16-18H,3-4,8-9H2,1-2H3. The highest BCUT2D eigenvalue weighted by atomic mass is 16.5. The van der Waals surface area contributed by atoms with E-state index < -0.39 is 6.10 Å². The van der Waals surface area contributed by atoms with Crippen LogP contribution in [0.5, 0.6) is 11.5 Å². The third-order valence-electron chi connectivity index (χ3n) is 3.65. The van der Waals surface area contributed by atoms with E-state index in [4.69, 9.17) is 9.47 Å². The maximum absolute atomic E-state index is 10.2. The summed E-state index contributed by atoms with van der Waals surface area (Å²) in [6, 6.07) is 5.33. The SMILES string of the molecule is COc1ccc(OC)c(C(O)CNCC(O)C2CC2)c1. The summed E-state index contributed by atoms with van der Waals surface area (Å²) in [4.78, 5) is 0. The van der Waals surface area contributed by atoms with E-state index in [9.17, 15) is 10.2 Å². The van der Waals surface area contributed by atoms with E-state index in [1.165, 1.54) is 0 Å². The van der Waals surface area contributed by atoms with Crippen LogP contribution in [-0.4, -0.2) is 43.6 Å². The van der Waals surface area contributed by atoms with Crippen molar-refractivity contribution in [3.63, 3.8) is 0 Å². The number of hydrogen-bond donors (Lipinski definition) is 3. The Labute approximate surface area is 119 Å². The number of benzene rings is 1. The maximum atomic E-state index is 10.2. The van der Waals surface area contributed by atoms with Crippen LogP contribution in [0.1, 0.15) is 24.5 Å². The van der Waals surface area contributed by atoms with Crippen LogP contribution in [0, 0.1) is 5.92 Å². The molecule has 1 aliphatic rings. The van der Waals surface area contributed by atoms with Gasteiger partial charge < -0.3 is 25.0 Å². The summed E-state index contributed by atoms with van der Waals surface area (Å²) < 4.78 is 10.4. The van der Waals surface area contributed by atoms with Gasteiger partial charge in [0.1, 0.15) is 11.5 Å². The predicted octanol–water partition coefficient (Wildman–Crippen LogP) is 1.10. The summed E-state index contributed by atoms with van der Waals surface area (Å²) in [7, 11) is 3.16. The Bertz CT molecular complexity index is 434. The minimum Gasteiger partial charge on any atom is -0.497 e. The topological polar surface area (TPSA) is 71.0 Å². The van der Waals surface area contributed by atoms with E-state index in [1.54, 1.807) is 32.4 Å². The van der Waals surface area contributed by atoms with Crippen LogP contribution in [0.25, 0.3) is 0 Å². The molecule has 3 N–H and O–H groups in total. The highest BCUT2D eigenvalue weighted by Crippen LogP contribution is 2.32. The van der Waals surface area contributed by atoms with Crippen molar-refractivity contribution in [1.82, 2.24) is 5.32 Å². The molecule has 0 aromatic heterocycles. The third-order valence-corrected chi connectivity index (χ3v) is 3.65. The quantitative estimate of drug-likeness (QED) is 0.665. The predicted molar refractivity (Wildman–Crippen MR) is 76.1 cm³/mol. The molecule has 2 unspecified atom stereocenters. The first-order valence-electron chi connectivity index (χ1n) is 6.94.